The number of amides is 2. The van der Waals surface area contributed by atoms with Crippen molar-refractivity contribution >= 4 is 40.9 Å². The lowest BCUT2D eigenvalue weighted by molar-refractivity contribution is -0.385. The number of nitrogens with zero attached hydrogens (tertiary/aromatic N) is 3. The largest absolute Gasteiger partial charge is 0.289 e. The summed E-state index contributed by atoms with van der Waals surface area (Å²) in [4.78, 5) is 42.1. The lowest BCUT2D eigenvalue weighted by Gasteiger charge is -2.08. The zero-order valence-corrected chi connectivity index (χ0v) is 13.7. The van der Waals surface area contributed by atoms with Gasteiger partial charge in [0.15, 0.2) is 10.9 Å². The van der Waals surface area contributed by atoms with Gasteiger partial charge in [-0.2, -0.15) is 0 Å². The highest BCUT2D eigenvalue weighted by molar-refractivity contribution is 7.98. The molecule has 2 aromatic rings. The Bertz CT molecular complexity index is 817. The van der Waals surface area contributed by atoms with Crippen LogP contribution in [0.3, 0.4) is 0 Å². The van der Waals surface area contributed by atoms with Crippen molar-refractivity contribution in [2.75, 3.05) is 6.26 Å². The molecule has 1 heterocycles. The van der Waals surface area contributed by atoms with Gasteiger partial charge in [-0.3, -0.25) is 30.6 Å². The quantitative estimate of drug-likeness (QED) is 0.365. The van der Waals surface area contributed by atoms with E-state index in [1.807, 2.05) is 0 Å². The predicted molar refractivity (Wildman–Crippen MR) is 86.9 cm³/mol. The molecule has 0 aliphatic carbocycles. The van der Waals surface area contributed by atoms with Crippen molar-refractivity contribution < 1.29 is 14.5 Å². The van der Waals surface area contributed by atoms with Crippen LogP contribution in [0.25, 0.3) is 0 Å². The fourth-order valence-corrected chi connectivity index (χ4v) is 2.19. The molecule has 0 aliphatic rings. The van der Waals surface area contributed by atoms with E-state index < -0.39 is 16.7 Å². The Morgan fingerprint density at radius 2 is 1.92 bits per heavy atom. The molecule has 0 saturated carbocycles. The first kappa shape index (κ1) is 17.6. The standard InChI is InChI=1S/C13H10ClN5O4S/c1-24-13-15-6-8(14)10(16-13)12(21)18-17-11(20)7-4-2-3-5-9(7)19(22)23/h2-6H,1H3,(H,17,20)(H,18,21). The summed E-state index contributed by atoms with van der Waals surface area (Å²) in [5.41, 5.74) is 3.50. The van der Waals surface area contributed by atoms with Gasteiger partial charge in [0.1, 0.15) is 5.56 Å². The lowest BCUT2D eigenvalue weighted by Crippen LogP contribution is -2.42. The van der Waals surface area contributed by atoms with Gasteiger partial charge >= 0.3 is 0 Å². The van der Waals surface area contributed by atoms with E-state index in [4.69, 9.17) is 11.6 Å². The molecule has 0 saturated heterocycles. The third-order valence-electron chi connectivity index (χ3n) is 2.75. The van der Waals surface area contributed by atoms with Crippen molar-refractivity contribution in [3.63, 3.8) is 0 Å². The summed E-state index contributed by atoms with van der Waals surface area (Å²) in [5.74, 6) is -1.62. The molecular formula is C13H10ClN5O4S. The van der Waals surface area contributed by atoms with Crippen molar-refractivity contribution in [3.05, 3.63) is 56.9 Å². The summed E-state index contributed by atoms with van der Waals surface area (Å²) in [6, 6.07) is 5.35. The summed E-state index contributed by atoms with van der Waals surface area (Å²) in [5, 5.41) is 11.2. The first-order valence-electron chi connectivity index (χ1n) is 6.34. The smallest absolute Gasteiger partial charge is 0.267 e. The van der Waals surface area contributed by atoms with E-state index in [9.17, 15) is 19.7 Å². The first-order valence-corrected chi connectivity index (χ1v) is 7.95. The summed E-state index contributed by atoms with van der Waals surface area (Å²) in [6.07, 6.45) is 2.99. The second-order valence-corrected chi connectivity index (χ2v) is 5.42. The van der Waals surface area contributed by atoms with Crippen LogP contribution in [0, 0.1) is 10.1 Å². The van der Waals surface area contributed by atoms with Crippen LogP contribution < -0.4 is 10.9 Å². The molecule has 24 heavy (non-hydrogen) atoms. The number of hydrazine groups is 1. The number of thioether (sulfide) groups is 1. The number of halogens is 1. The highest BCUT2D eigenvalue weighted by atomic mass is 35.5. The Balaban J connectivity index is 2.12. The number of aromatic nitrogens is 2. The third-order valence-corrected chi connectivity index (χ3v) is 3.59. The van der Waals surface area contributed by atoms with Crippen LogP contribution in [0.15, 0.2) is 35.6 Å². The molecule has 0 fully saturated rings. The van der Waals surface area contributed by atoms with Crippen molar-refractivity contribution in [2.24, 2.45) is 0 Å². The molecule has 1 aromatic heterocycles. The molecule has 9 nitrogen and oxygen atoms in total. The van der Waals surface area contributed by atoms with E-state index in [0.29, 0.717) is 5.16 Å². The van der Waals surface area contributed by atoms with Crippen LogP contribution in [0.5, 0.6) is 0 Å². The normalized spacial score (nSPS) is 10.1. The van der Waals surface area contributed by atoms with Gasteiger partial charge in [0.05, 0.1) is 16.1 Å². The van der Waals surface area contributed by atoms with Crippen LogP contribution >= 0.6 is 23.4 Å². The molecule has 124 valence electrons. The van der Waals surface area contributed by atoms with Gasteiger partial charge in [0, 0.05) is 6.07 Å². The Morgan fingerprint density at radius 1 is 1.25 bits per heavy atom. The van der Waals surface area contributed by atoms with Crippen molar-refractivity contribution in [1.29, 1.82) is 0 Å². The number of nitro benzene ring substituents is 1. The number of hydrogen-bond acceptors (Lipinski definition) is 7. The molecule has 0 aliphatic heterocycles. The van der Waals surface area contributed by atoms with Gasteiger partial charge in [0.25, 0.3) is 17.5 Å². The summed E-state index contributed by atoms with van der Waals surface area (Å²) in [7, 11) is 0. The first-order chi connectivity index (χ1) is 11.4. The molecule has 2 rings (SSSR count). The van der Waals surface area contributed by atoms with E-state index in [0.717, 1.165) is 0 Å². The minimum Gasteiger partial charge on any atom is -0.267 e. The van der Waals surface area contributed by atoms with Gasteiger partial charge in [0.2, 0.25) is 0 Å². The monoisotopic (exact) mass is 367 g/mol. The maximum absolute atomic E-state index is 12.0. The molecule has 0 atom stereocenters. The molecule has 2 amide bonds. The zero-order chi connectivity index (χ0) is 17.7. The second-order valence-electron chi connectivity index (χ2n) is 4.24. The number of hydrogen-bond donors (Lipinski definition) is 2. The van der Waals surface area contributed by atoms with Gasteiger partial charge in [-0.25, -0.2) is 9.97 Å². The van der Waals surface area contributed by atoms with Gasteiger partial charge in [-0.1, -0.05) is 35.5 Å². The molecule has 0 bridgehead atoms. The van der Waals surface area contributed by atoms with E-state index in [-0.39, 0.29) is 22.0 Å². The van der Waals surface area contributed by atoms with Gasteiger partial charge in [-0.05, 0) is 12.3 Å². The van der Waals surface area contributed by atoms with Crippen LogP contribution in [-0.2, 0) is 0 Å². The average molecular weight is 368 g/mol. The van der Waals surface area contributed by atoms with Gasteiger partial charge < -0.3 is 0 Å². The molecule has 2 N–H and O–H groups in total. The van der Waals surface area contributed by atoms with E-state index in [1.165, 1.54) is 42.2 Å². The second kappa shape index (κ2) is 7.70. The van der Waals surface area contributed by atoms with Crippen molar-refractivity contribution in [3.8, 4) is 0 Å². The number of para-hydroxylation sites is 1. The molecule has 11 heteroatoms. The Hall–Kier alpha value is -2.72. The number of carbonyl (C=O) groups excluding carboxylic acids is 2. The minimum atomic E-state index is -0.842. The maximum Gasteiger partial charge on any atom is 0.289 e. The average Bonchev–Trinajstić information content (AvgIpc) is 2.59. The Kier molecular flexibility index (Phi) is 5.66. The highest BCUT2D eigenvalue weighted by Gasteiger charge is 2.20. The molecule has 0 radical (unpaired) electrons. The number of carbonyl (C=O) groups is 2. The number of benzene rings is 1. The summed E-state index contributed by atoms with van der Waals surface area (Å²) >= 11 is 7.06. The van der Waals surface area contributed by atoms with Crippen LogP contribution in [0.1, 0.15) is 20.8 Å². The van der Waals surface area contributed by atoms with E-state index in [2.05, 4.69) is 20.8 Å². The predicted octanol–water partition coefficient (Wildman–Crippen LogP) is 1.83. The van der Waals surface area contributed by atoms with Crippen molar-refractivity contribution in [1.82, 2.24) is 20.8 Å². The highest BCUT2D eigenvalue weighted by Crippen LogP contribution is 2.18. The number of nitro groups is 1. The molecule has 0 spiro atoms. The molecule has 0 unspecified atom stereocenters. The molecule has 1 aromatic carbocycles. The zero-order valence-electron chi connectivity index (χ0n) is 12.1. The van der Waals surface area contributed by atoms with Crippen LogP contribution in [0.2, 0.25) is 5.02 Å². The Morgan fingerprint density at radius 3 is 2.58 bits per heavy atom. The summed E-state index contributed by atoms with van der Waals surface area (Å²) < 4.78 is 0. The minimum absolute atomic E-state index is 0.00485. The topological polar surface area (TPSA) is 127 Å². The SMILES string of the molecule is CSc1ncc(Cl)c(C(=O)NNC(=O)c2ccccc2[N+](=O)[O-])n1. The lowest BCUT2D eigenvalue weighted by atomic mass is 10.2. The fraction of sp³-hybridized carbons (Fsp3) is 0.0769. The number of rotatable bonds is 4. The van der Waals surface area contributed by atoms with Crippen LogP contribution in [-0.4, -0.2) is 33.0 Å². The number of nitrogens with one attached hydrogen (secondary N) is 2. The summed E-state index contributed by atoms with van der Waals surface area (Å²) in [6.45, 7) is 0. The maximum atomic E-state index is 12.0. The van der Waals surface area contributed by atoms with Crippen LogP contribution in [0.4, 0.5) is 5.69 Å². The van der Waals surface area contributed by atoms with E-state index >= 15 is 0 Å². The third kappa shape index (κ3) is 3.97. The van der Waals surface area contributed by atoms with Crippen molar-refractivity contribution in [2.45, 2.75) is 5.16 Å². The Labute approximate surface area is 144 Å². The molecular weight excluding hydrogens is 358 g/mol. The van der Waals surface area contributed by atoms with Gasteiger partial charge in [-0.15, -0.1) is 0 Å². The fourth-order valence-electron chi connectivity index (χ4n) is 1.67. The van der Waals surface area contributed by atoms with E-state index in [1.54, 1.807) is 6.26 Å².